The van der Waals surface area contributed by atoms with Gasteiger partial charge in [-0.25, -0.2) is 14.4 Å². The Kier molecular flexibility index (Phi) is 5.76. The number of anilines is 2. The normalized spacial score (nSPS) is 10.9. The highest BCUT2D eigenvalue weighted by molar-refractivity contribution is 6.34. The number of carbonyl (C=O) groups is 2. The second-order valence-corrected chi connectivity index (χ2v) is 8.00. The average molecular weight is 490 g/mol. The summed E-state index contributed by atoms with van der Waals surface area (Å²) in [6.07, 6.45) is 3.21. The van der Waals surface area contributed by atoms with E-state index >= 15 is 0 Å². The molecule has 0 radical (unpaired) electrons. The van der Waals surface area contributed by atoms with E-state index in [9.17, 15) is 14.0 Å². The predicted octanol–water partition coefficient (Wildman–Crippen LogP) is 5.42. The first-order valence-corrected chi connectivity index (χ1v) is 10.8. The molecule has 0 fully saturated rings. The molecule has 5 rings (SSSR count). The minimum absolute atomic E-state index is 0.0302. The van der Waals surface area contributed by atoms with E-state index in [1.54, 1.807) is 30.5 Å². The summed E-state index contributed by atoms with van der Waals surface area (Å²) in [6, 6.07) is 14.5. The van der Waals surface area contributed by atoms with E-state index in [1.165, 1.54) is 19.4 Å². The maximum absolute atomic E-state index is 14.7. The summed E-state index contributed by atoms with van der Waals surface area (Å²) in [7, 11) is 1.41. The molecule has 0 aliphatic heterocycles. The monoisotopic (exact) mass is 489 g/mol. The molecule has 0 atom stereocenters. The van der Waals surface area contributed by atoms with Gasteiger partial charge in [0, 0.05) is 17.0 Å². The van der Waals surface area contributed by atoms with Gasteiger partial charge in [-0.3, -0.25) is 9.59 Å². The largest absolute Gasteiger partial charge is 0.494 e. The zero-order valence-corrected chi connectivity index (χ0v) is 19.0. The molecule has 0 saturated heterocycles. The minimum atomic E-state index is -0.810. The van der Waals surface area contributed by atoms with Crippen LogP contribution in [0.4, 0.5) is 15.8 Å². The molecule has 3 heterocycles. The number of nitrogens with one attached hydrogen (secondary N) is 3. The van der Waals surface area contributed by atoms with Gasteiger partial charge in [-0.1, -0.05) is 29.8 Å². The van der Waals surface area contributed by atoms with E-state index in [2.05, 4.69) is 25.6 Å². The molecule has 0 bridgehead atoms. The van der Waals surface area contributed by atoms with Crippen molar-refractivity contribution in [1.29, 1.82) is 0 Å². The van der Waals surface area contributed by atoms with Crippen molar-refractivity contribution < 1.29 is 18.7 Å². The van der Waals surface area contributed by atoms with Crippen molar-refractivity contribution in [2.45, 2.75) is 0 Å². The fourth-order valence-corrected chi connectivity index (χ4v) is 3.86. The number of nitrogens with zero attached hydrogens (tertiary/aromatic N) is 2. The zero-order chi connectivity index (χ0) is 24.5. The minimum Gasteiger partial charge on any atom is -0.494 e. The third-order valence-electron chi connectivity index (χ3n) is 5.33. The van der Waals surface area contributed by atoms with Gasteiger partial charge in [-0.2, -0.15) is 0 Å². The van der Waals surface area contributed by atoms with Crippen LogP contribution in [-0.4, -0.2) is 33.9 Å². The Hall–Kier alpha value is -4.50. The van der Waals surface area contributed by atoms with Crippen LogP contribution >= 0.6 is 11.6 Å². The number of rotatable bonds is 5. The van der Waals surface area contributed by atoms with E-state index in [-0.39, 0.29) is 27.7 Å². The number of H-pyrrole nitrogens is 1. The Morgan fingerprint density at radius 3 is 2.69 bits per heavy atom. The molecule has 2 amide bonds. The SMILES string of the molecule is COc1cc2ccccc2nc1C(=O)Nc1cc(C(=O)Nc2cnc3[nH]ccc3c2)c(Cl)cc1F. The Balaban J connectivity index is 1.43. The first kappa shape index (κ1) is 22.3. The molecule has 0 spiro atoms. The van der Waals surface area contributed by atoms with Gasteiger partial charge < -0.3 is 20.4 Å². The number of hydrogen-bond donors (Lipinski definition) is 3. The van der Waals surface area contributed by atoms with Crippen LogP contribution in [0.1, 0.15) is 20.8 Å². The van der Waals surface area contributed by atoms with Crippen LogP contribution in [0.15, 0.2) is 67.0 Å². The number of fused-ring (bicyclic) bond motifs is 2. The Bertz CT molecular complexity index is 1620. The highest BCUT2D eigenvalue weighted by Gasteiger charge is 2.20. The second kappa shape index (κ2) is 9.03. The number of benzene rings is 2. The molecule has 2 aromatic carbocycles. The van der Waals surface area contributed by atoms with Crippen LogP contribution in [0.5, 0.6) is 5.75 Å². The summed E-state index contributed by atoms with van der Waals surface area (Å²) in [4.78, 5) is 37.4. The van der Waals surface area contributed by atoms with Crippen molar-refractivity contribution in [2.75, 3.05) is 17.7 Å². The summed E-state index contributed by atoms with van der Waals surface area (Å²) in [6.45, 7) is 0. The van der Waals surface area contributed by atoms with E-state index in [1.807, 2.05) is 18.2 Å². The number of para-hydroxylation sites is 1. The van der Waals surface area contributed by atoms with Crippen molar-refractivity contribution in [1.82, 2.24) is 15.0 Å². The van der Waals surface area contributed by atoms with E-state index in [0.717, 1.165) is 16.8 Å². The van der Waals surface area contributed by atoms with Crippen molar-refractivity contribution in [3.63, 3.8) is 0 Å². The third kappa shape index (κ3) is 4.36. The van der Waals surface area contributed by atoms with Gasteiger partial charge >= 0.3 is 0 Å². The number of hydrogen-bond acceptors (Lipinski definition) is 5. The average Bonchev–Trinajstić information content (AvgIpc) is 3.32. The first-order chi connectivity index (χ1) is 16.9. The number of aromatic nitrogens is 3. The van der Waals surface area contributed by atoms with Gasteiger partial charge in [0.1, 0.15) is 11.5 Å². The number of pyridine rings is 2. The quantitative estimate of drug-likeness (QED) is 0.305. The maximum atomic E-state index is 14.7. The fourth-order valence-electron chi connectivity index (χ4n) is 3.62. The predicted molar refractivity (Wildman–Crippen MR) is 132 cm³/mol. The van der Waals surface area contributed by atoms with Gasteiger partial charge in [0.25, 0.3) is 11.8 Å². The number of carbonyl (C=O) groups excluding carboxylic acids is 2. The summed E-state index contributed by atoms with van der Waals surface area (Å²) in [5, 5.41) is 6.62. The van der Waals surface area contributed by atoms with Crippen LogP contribution in [0.25, 0.3) is 21.9 Å². The topological polar surface area (TPSA) is 109 Å². The van der Waals surface area contributed by atoms with E-state index < -0.39 is 17.6 Å². The van der Waals surface area contributed by atoms with E-state index in [4.69, 9.17) is 16.3 Å². The number of halogens is 2. The van der Waals surface area contributed by atoms with Gasteiger partial charge in [0.15, 0.2) is 11.4 Å². The molecule has 0 unspecified atom stereocenters. The highest BCUT2D eigenvalue weighted by atomic mass is 35.5. The lowest BCUT2D eigenvalue weighted by molar-refractivity contribution is 0.101. The Morgan fingerprint density at radius 1 is 1.03 bits per heavy atom. The Morgan fingerprint density at radius 2 is 1.86 bits per heavy atom. The molecule has 8 nitrogen and oxygen atoms in total. The number of ether oxygens (including phenoxy) is 1. The molecule has 3 aromatic heterocycles. The Labute approximate surface area is 203 Å². The molecule has 0 aliphatic carbocycles. The molecular weight excluding hydrogens is 473 g/mol. The van der Waals surface area contributed by atoms with Gasteiger partial charge in [-0.05, 0) is 36.4 Å². The van der Waals surface area contributed by atoms with Crippen molar-refractivity contribution >= 4 is 56.7 Å². The third-order valence-corrected chi connectivity index (χ3v) is 5.64. The lowest BCUT2D eigenvalue weighted by atomic mass is 10.1. The maximum Gasteiger partial charge on any atom is 0.278 e. The van der Waals surface area contributed by atoms with Gasteiger partial charge in [0.05, 0.1) is 40.8 Å². The fraction of sp³-hybridized carbons (Fsp3) is 0.0400. The molecule has 10 heteroatoms. The van der Waals surface area contributed by atoms with Crippen LogP contribution in [-0.2, 0) is 0 Å². The molecule has 35 heavy (non-hydrogen) atoms. The lowest BCUT2D eigenvalue weighted by Crippen LogP contribution is -2.18. The van der Waals surface area contributed by atoms with Crippen LogP contribution in [0, 0.1) is 5.82 Å². The van der Waals surface area contributed by atoms with E-state index in [0.29, 0.717) is 16.9 Å². The lowest BCUT2D eigenvalue weighted by Gasteiger charge is -2.13. The van der Waals surface area contributed by atoms with Crippen molar-refractivity contribution in [2.24, 2.45) is 0 Å². The molecule has 174 valence electrons. The van der Waals surface area contributed by atoms with Crippen LogP contribution in [0.2, 0.25) is 5.02 Å². The first-order valence-electron chi connectivity index (χ1n) is 10.4. The zero-order valence-electron chi connectivity index (χ0n) is 18.2. The van der Waals surface area contributed by atoms with Crippen LogP contribution < -0.4 is 15.4 Å². The number of aromatic amines is 1. The standard InChI is InChI=1S/C25H17ClFN5O3/c1-35-21-9-13-4-2-3-5-19(13)31-22(21)25(34)32-20-10-16(17(26)11-18(20)27)24(33)30-15-8-14-6-7-28-23(14)29-12-15/h2-12H,1H3,(H,28,29)(H,30,33)(H,32,34). The highest BCUT2D eigenvalue weighted by Crippen LogP contribution is 2.28. The van der Waals surface area contributed by atoms with Gasteiger partial charge in [0.2, 0.25) is 0 Å². The van der Waals surface area contributed by atoms with Crippen LogP contribution in [0.3, 0.4) is 0 Å². The molecule has 0 aliphatic rings. The molecule has 5 aromatic rings. The summed E-state index contributed by atoms with van der Waals surface area (Å²) in [5.74, 6) is -1.89. The molecule has 0 saturated carbocycles. The van der Waals surface area contributed by atoms with Crippen molar-refractivity contribution in [3.8, 4) is 5.75 Å². The summed E-state index contributed by atoms with van der Waals surface area (Å²) < 4.78 is 20.0. The molecule has 3 N–H and O–H groups in total. The van der Waals surface area contributed by atoms with Gasteiger partial charge in [-0.15, -0.1) is 0 Å². The smallest absolute Gasteiger partial charge is 0.278 e. The second-order valence-electron chi connectivity index (χ2n) is 7.59. The van der Waals surface area contributed by atoms with Crippen molar-refractivity contribution in [3.05, 3.63) is 89.1 Å². The summed E-state index contributed by atoms with van der Waals surface area (Å²) in [5.41, 5.74) is 1.38. The number of amides is 2. The summed E-state index contributed by atoms with van der Waals surface area (Å²) >= 11 is 6.14. The molecular formula is C25H17ClFN5O3. The number of methoxy groups -OCH3 is 1.